The molecule has 0 aromatic heterocycles. The molecule has 0 aliphatic rings. The molecule has 0 saturated carbocycles. The molecule has 1 aromatic carbocycles. The number of likely N-dealkylation sites (N-methyl/N-ethyl adjacent to an activating group) is 1. The summed E-state index contributed by atoms with van der Waals surface area (Å²) in [5, 5.41) is 2.57. The van der Waals surface area contributed by atoms with E-state index in [1.54, 1.807) is 26.0 Å². The lowest BCUT2D eigenvalue weighted by Gasteiger charge is -2.14. The predicted molar refractivity (Wildman–Crippen MR) is 77.3 cm³/mol. The Morgan fingerprint density at radius 2 is 2.05 bits per heavy atom. The molecule has 0 fully saturated rings. The second-order valence-corrected chi connectivity index (χ2v) is 6.72. The fourth-order valence-corrected chi connectivity index (χ4v) is 3.00. The third-order valence-electron chi connectivity index (χ3n) is 2.52. The molecule has 19 heavy (non-hydrogen) atoms. The van der Waals surface area contributed by atoms with Crippen molar-refractivity contribution in [2.24, 2.45) is 0 Å². The standard InChI is InChI=1S/C12H17BrN2O3S/c1-4-14-12(16)9(3)15-19(17,18)10-5-6-11(13)8(2)7-10/h5-7,9,15H,4H2,1-3H3,(H,14,16)/t9-/m0/s1. The number of halogens is 1. The van der Waals surface area contributed by atoms with E-state index in [2.05, 4.69) is 26.0 Å². The Bertz CT molecular complexity index is 572. The third-order valence-corrected chi connectivity index (χ3v) is 4.94. The molecule has 7 heteroatoms. The van der Waals surface area contributed by atoms with Crippen molar-refractivity contribution in [2.75, 3.05) is 6.54 Å². The Morgan fingerprint density at radius 1 is 1.42 bits per heavy atom. The number of carbonyl (C=O) groups is 1. The molecule has 0 saturated heterocycles. The monoisotopic (exact) mass is 348 g/mol. The number of aryl methyl sites for hydroxylation is 1. The predicted octanol–water partition coefficient (Wildman–Crippen LogP) is 1.56. The van der Waals surface area contributed by atoms with Crippen molar-refractivity contribution in [1.82, 2.24) is 10.0 Å². The van der Waals surface area contributed by atoms with Crippen LogP contribution >= 0.6 is 15.9 Å². The number of amides is 1. The Hall–Kier alpha value is -0.920. The van der Waals surface area contributed by atoms with Gasteiger partial charge >= 0.3 is 0 Å². The van der Waals surface area contributed by atoms with Crippen LogP contribution in [0.1, 0.15) is 19.4 Å². The largest absolute Gasteiger partial charge is 0.355 e. The molecule has 0 bridgehead atoms. The van der Waals surface area contributed by atoms with E-state index in [4.69, 9.17) is 0 Å². The van der Waals surface area contributed by atoms with Crippen molar-refractivity contribution in [1.29, 1.82) is 0 Å². The molecule has 1 aromatic rings. The van der Waals surface area contributed by atoms with Crippen LogP contribution in [0.15, 0.2) is 27.6 Å². The molecule has 2 N–H and O–H groups in total. The van der Waals surface area contributed by atoms with Gasteiger partial charge in [0, 0.05) is 11.0 Å². The van der Waals surface area contributed by atoms with Crippen LogP contribution in [-0.4, -0.2) is 26.9 Å². The fourth-order valence-electron chi connectivity index (χ4n) is 1.47. The van der Waals surface area contributed by atoms with Crippen molar-refractivity contribution in [3.63, 3.8) is 0 Å². The zero-order chi connectivity index (χ0) is 14.6. The van der Waals surface area contributed by atoms with E-state index in [-0.39, 0.29) is 10.8 Å². The summed E-state index contributed by atoms with van der Waals surface area (Å²) in [6.45, 7) is 5.55. The highest BCUT2D eigenvalue weighted by atomic mass is 79.9. The van der Waals surface area contributed by atoms with Crippen LogP contribution in [0.2, 0.25) is 0 Å². The highest BCUT2D eigenvalue weighted by Gasteiger charge is 2.21. The number of carbonyl (C=O) groups excluding carboxylic acids is 1. The lowest BCUT2D eigenvalue weighted by atomic mass is 10.2. The van der Waals surface area contributed by atoms with Gasteiger partial charge in [0.15, 0.2) is 0 Å². The molecule has 1 rings (SSSR count). The van der Waals surface area contributed by atoms with Gasteiger partial charge in [-0.2, -0.15) is 4.72 Å². The Morgan fingerprint density at radius 3 is 2.58 bits per heavy atom. The van der Waals surface area contributed by atoms with Gasteiger partial charge in [0.1, 0.15) is 0 Å². The summed E-state index contributed by atoms with van der Waals surface area (Å²) in [7, 11) is -3.69. The topological polar surface area (TPSA) is 75.3 Å². The molecule has 0 aliphatic carbocycles. The van der Waals surface area contributed by atoms with E-state index in [9.17, 15) is 13.2 Å². The molecule has 0 unspecified atom stereocenters. The first-order chi connectivity index (χ1) is 8.77. The van der Waals surface area contributed by atoms with Crippen molar-refractivity contribution in [2.45, 2.75) is 31.7 Å². The van der Waals surface area contributed by atoms with Crippen LogP contribution < -0.4 is 10.0 Å². The van der Waals surface area contributed by atoms with E-state index in [0.717, 1.165) is 10.0 Å². The second kappa shape index (κ2) is 6.49. The van der Waals surface area contributed by atoms with E-state index < -0.39 is 16.1 Å². The van der Waals surface area contributed by atoms with Gasteiger partial charge in [-0.1, -0.05) is 15.9 Å². The molecule has 0 radical (unpaired) electrons. The minimum atomic E-state index is -3.69. The third kappa shape index (κ3) is 4.29. The fraction of sp³-hybridized carbons (Fsp3) is 0.417. The SMILES string of the molecule is CCNC(=O)[C@H](C)NS(=O)(=O)c1ccc(Br)c(C)c1. The Kier molecular flexibility index (Phi) is 5.51. The molecule has 0 aliphatic heterocycles. The van der Waals surface area contributed by atoms with E-state index >= 15 is 0 Å². The summed E-state index contributed by atoms with van der Waals surface area (Å²) in [6.07, 6.45) is 0. The van der Waals surface area contributed by atoms with Crippen molar-refractivity contribution in [3.05, 3.63) is 28.2 Å². The summed E-state index contributed by atoms with van der Waals surface area (Å²) < 4.78 is 27.4. The Labute approximate surface area is 122 Å². The summed E-state index contributed by atoms with van der Waals surface area (Å²) >= 11 is 3.31. The maximum absolute atomic E-state index is 12.1. The van der Waals surface area contributed by atoms with Crippen LogP contribution in [0, 0.1) is 6.92 Å². The van der Waals surface area contributed by atoms with Crippen molar-refractivity contribution in [3.8, 4) is 0 Å². The number of nitrogens with one attached hydrogen (secondary N) is 2. The van der Waals surface area contributed by atoms with Gasteiger partial charge in [-0.3, -0.25) is 4.79 Å². The Balaban J connectivity index is 2.92. The molecule has 5 nitrogen and oxygen atoms in total. The van der Waals surface area contributed by atoms with Gasteiger partial charge in [-0.05, 0) is 44.5 Å². The average molecular weight is 349 g/mol. The summed E-state index contributed by atoms with van der Waals surface area (Å²) in [5.74, 6) is -0.347. The lowest BCUT2D eigenvalue weighted by Crippen LogP contribution is -2.44. The highest BCUT2D eigenvalue weighted by molar-refractivity contribution is 9.10. The first kappa shape index (κ1) is 16.1. The van der Waals surface area contributed by atoms with Gasteiger partial charge in [0.25, 0.3) is 0 Å². The van der Waals surface area contributed by atoms with E-state index in [0.29, 0.717) is 6.54 Å². The minimum Gasteiger partial charge on any atom is -0.355 e. The molecule has 0 heterocycles. The average Bonchev–Trinajstić information content (AvgIpc) is 2.32. The summed E-state index contributed by atoms with van der Waals surface area (Å²) in [5.41, 5.74) is 0.813. The highest BCUT2D eigenvalue weighted by Crippen LogP contribution is 2.20. The summed E-state index contributed by atoms with van der Waals surface area (Å²) in [6, 6.07) is 3.90. The maximum Gasteiger partial charge on any atom is 0.241 e. The number of hydrogen-bond acceptors (Lipinski definition) is 3. The summed E-state index contributed by atoms with van der Waals surface area (Å²) in [4.78, 5) is 11.7. The second-order valence-electron chi connectivity index (χ2n) is 4.15. The first-order valence-electron chi connectivity index (χ1n) is 5.84. The zero-order valence-corrected chi connectivity index (χ0v) is 13.4. The van der Waals surface area contributed by atoms with Crippen LogP contribution in [0.3, 0.4) is 0 Å². The molecular weight excluding hydrogens is 332 g/mol. The van der Waals surface area contributed by atoms with E-state index in [1.165, 1.54) is 13.0 Å². The quantitative estimate of drug-likeness (QED) is 0.847. The smallest absolute Gasteiger partial charge is 0.241 e. The van der Waals surface area contributed by atoms with Crippen LogP contribution in [0.5, 0.6) is 0 Å². The van der Waals surface area contributed by atoms with Crippen molar-refractivity contribution >= 4 is 31.9 Å². The van der Waals surface area contributed by atoms with Crippen molar-refractivity contribution < 1.29 is 13.2 Å². The number of hydrogen-bond donors (Lipinski definition) is 2. The van der Waals surface area contributed by atoms with Gasteiger partial charge in [0.05, 0.1) is 10.9 Å². The van der Waals surface area contributed by atoms with Crippen LogP contribution in [-0.2, 0) is 14.8 Å². The first-order valence-corrected chi connectivity index (χ1v) is 8.11. The zero-order valence-electron chi connectivity index (χ0n) is 11.0. The molecule has 0 spiro atoms. The van der Waals surface area contributed by atoms with Gasteiger partial charge in [0.2, 0.25) is 15.9 Å². The van der Waals surface area contributed by atoms with Crippen LogP contribution in [0.4, 0.5) is 0 Å². The lowest BCUT2D eigenvalue weighted by molar-refractivity contribution is -0.122. The van der Waals surface area contributed by atoms with Gasteiger partial charge < -0.3 is 5.32 Å². The molecule has 106 valence electrons. The van der Waals surface area contributed by atoms with Gasteiger partial charge in [-0.25, -0.2) is 8.42 Å². The maximum atomic E-state index is 12.1. The molecule has 1 amide bonds. The van der Waals surface area contributed by atoms with E-state index in [1.807, 2.05) is 0 Å². The number of rotatable bonds is 5. The van der Waals surface area contributed by atoms with Crippen LogP contribution in [0.25, 0.3) is 0 Å². The molecular formula is C12H17BrN2O3S. The normalized spacial score (nSPS) is 13.1. The minimum absolute atomic E-state index is 0.143. The number of benzene rings is 1. The van der Waals surface area contributed by atoms with Gasteiger partial charge in [-0.15, -0.1) is 0 Å². The number of sulfonamides is 1. The molecule has 1 atom stereocenters.